The monoisotopic (exact) mass is 382 g/mol. The third-order valence-electron chi connectivity index (χ3n) is 5.98. The van der Waals surface area contributed by atoms with Crippen LogP contribution in [-0.2, 0) is 16.0 Å². The Kier molecular flexibility index (Phi) is 5.64. The van der Waals surface area contributed by atoms with E-state index in [0.29, 0.717) is 25.4 Å². The molecule has 7 nitrogen and oxygen atoms in total. The Morgan fingerprint density at radius 1 is 1.18 bits per heavy atom. The number of carbonyl (C=O) groups is 2. The van der Waals surface area contributed by atoms with Gasteiger partial charge in [0.1, 0.15) is 6.04 Å². The summed E-state index contributed by atoms with van der Waals surface area (Å²) in [7, 11) is 0. The zero-order chi connectivity index (χ0) is 19.5. The highest BCUT2D eigenvalue weighted by atomic mass is 16.2. The van der Waals surface area contributed by atoms with E-state index >= 15 is 0 Å². The number of nitrogens with zero attached hydrogens (tertiary/aromatic N) is 2. The van der Waals surface area contributed by atoms with Crippen LogP contribution in [-0.4, -0.2) is 71.4 Å². The van der Waals surface area contributed by atoms with Crippen molar-refractivity contribution in [2.75, 3.05) is 32.7 Å². The second-order valence-corrected chi connectivity index (χ2v) is 7.72. The molecule has 149 valence electrons. The number of fused-ring (bicyclic) bond motifs is 1. The first-order chi connectivity index (χ1) is 13.6. The van der Waals surface area contributed by atoms with Crippen molar-refractivity contribution in [2.24, 2.45) is 5.73 Å². The lowest BCUT2D eigenvalue weighted by molar-refractivity contribution is -0.140. The van der Waals surface area contributed by atoms with E-state index in [1.807, 2.05) is 24.4 Å². The summed E-state index contributed by atoms with van der Waals surface area (Å²) in [6, 6.07) is 7.94. The fourth-order valence-electron chi connectivity index (χ4n) is 4.41. The van der Waals surface area contributed by atoms with E-state index in [9.17, 15) is 9.59 Å². The minimum atomic E-state index is -0.524. The van der Waals surface area contributed by atoms with Crippen LogP contribution in [0.5, 0.6) is 0 Å². The summed E-state index contributed by atoms with van der Waals surface area (Å²) in [6.07, 6.45) is 5.64. The molecule has 0 saturated carbocycles. The van der Waals surface area contributed by atoms with Gasteiger partial charge in [-0.25, -0.2) is 0 Å². The Bertz CT molecular complexity index is 842. The van der Waals surface area contributed by atoms with Crippen molar-refractivity contribution in [1.29, 1.82) is 0 Å². The molecule has 2 aliphatic heterocycles. The molecule has 2 saturated heterocycles. The average Bonchev–Trinajstić information content (AvgIpc) is 3.20. The number of piperazine rings is 1. The van der Waals surface area contributed by atoms with Gasteiger partial charge in [-0.2, -0.15) is 0 Å². The molecule has 0 bridgehead atoms. The van der Waals surface area contributed by atoms with E-state index in [0.717, 1.165) is 49.1 Å². The summed E-state index contributed by atoms with van der Waals surface area (Å²) in [5, 5.41) is 4.48. The summed E-state index contributed by atoms with van der Waals surface area (Å²) in [5.41, 5.74) is 7.82. The molecule has 4 rings (SSSR count). The lowest BCUT2D eigenvalue weighted by Gasteiger charge is -2.43. The van der Waals surface area contributed by atoms with Gasteiger partial charge in [-0.3, -0.25) is 14.5 Å². The van der Waals surface area contributed by atoms with E-state index in [2.05, 4.69) is 21.3 Å². The summed E-state index contributed by atoms with van der Waals surface area (Å²) >= 11 is 0. The second-order valence-electron chi connectivity index (χ2n) is 7.72. The molecule has 7 heteroatoms. The SMILES string of the molecule is NC(=O)C1CC(N2CCNCC2)CCN1C(=O)[CH]Cc1ccc2[nH]ccc2c1. The smallest absolute Gasteiger partial charge is 0.240 e. The third-order valence-corrected chi connectivity index (χ3v) is 5.98. The first-order valence-electron chi connectivity index (χ1n) is 10.1. The third kappa shape index (κ3) is 4.05. The maximum absolute atomic E-state index is 12.8. The number of rotatable bonds is 5. The van der Waals surface area contributed by atoms with Crippen LogP contribution in [0.2, 0.25) is 0 Å². The van der Waals surface area contributed by atoms with Crippen molar-refractivity contribution in [3.8, 4) is 0 Å². The summed E-state index contributed by atoms with van der Waals surface area (Å²) in [5.74, 6) is -0.507. The largest absolute Gasteiger partial charge is 0.368 e. The van der Waals surface area contributed by atoms with Crippen molar-refractivity contribution < 1.29 is 9.59 Å². The van der Waals surface area contributed by atoms with E-state index in [1.165, 1.54) is 0 Å². The Hall–Kier alpha value is -2.38. The zero-order valence-corrected chi connectivity index (χ0v) is 16.1. The van der Waals surface area contributed by atoms with Crippen molar-refractivity contribution >= 4 is 22.7 Å². The minimum absolute atomic E-state index is 0.100. The number of nitrogens with one attached hydrogen (secondary N) is 2. The molecule has 2 aliphatic rings. The first kappa shape index (κ1) is 19.0. The number of hydrogen-bond donors (Lipinski definition) is 3. The van der Waals surface area contributed by atoms with E-state index < -0.39 is 11.9 Å². The van der Waals surface area contributed by atoms with Gasteiger partial charge >= 0.3 is 0 Å². The molecule has 2 aromatic rings. The van der Waals surface area contributed by atoms with E-state index in [4.69, 9.17) is 5.73 Å². The van der Waals surface area contributed by atoms with Crippen LogP contribution in [0.15, 0.2) is 30.5 Å². The number of benzene rings is 1. The van der Waals surface area contributed by atoms with Crippen molar-refractivity contribution in [2.45, 2.75) is 31.3 Å². The molecular weight excluding hydrogens is 354 g/mol. The molecule has 2 atom stereocenters. The van der Waals surface area contributed by atoms with Crippen LogP contribution in [0.1, 0.15) is 18.4 Å². The quantitative estimate of drug-likeness (QED) is 0.708. The van der Waals surface area contributed by atoms with E-state index in [-0.39, 0.29) is 5.91 Å². The fraction of sp³-hybridized carbons (Fsp3) is 0.476. The molecule has 28 heavy (non-hydrogen) atoms. The number of nitrogens with two attached hydrogens (primary N) is 1. The number of carbonyl (C=O) groups excluding carboxylic acids is 2. The van der Waals surface area contributed by atoms with Gasteiger partial charge in [0, 0.05) is 50.5 Å². The van der Waals surface area contributed by atoms with Gasteiger partial charge < -0.3 is 20.9 Å². The molecule has 1 aromatic heterocycles. The van der Waals surface area contributed by atoms with Gasteiger partial charge in [-0.15, -0.1) is 0 Å². The highest BCUT2D eigenvalue weighted by Gasteiger charge is 2.37. The Labute approximate surface area is 165 Å². The highest BCUT2D eigenvalue weighted by molar-refractivity contribution is 5.91. The average molecular weight is 382 g/mol. The Balaban J connectivity index is 1.37. The number of piperidine rings is 1. The van der Waals surface area contributed by atoms with Crippen molar-refractivity contribution in [3.05, 3.63) is 42.4 Å². The second kappa shape index (κ2) is 8.32. The zero-order valence-electron chi connectivity index (χ0n) is 16.1. The first-order valence-corrected chi connectivity index (χ1v) is 10.1. The molecule has 4 N–H and O–H groups in total. The van der Waals surface area contributed by atoms with Crippen LogP contribution in [0.4, 0.5) is 0 Å². The van der Waals surface area contributed by atoms with Crippen molar-refractivity contribution in [3.63, 3.8) is 0 Å². The lowest BCUT2D eigenvalue weighted by atomic mass is 9.94. The number of H-pyrrole nitrogens is 1. The summed E-state index contributed by atoms with van der Waals surface area (Å²) in [4.78, 5) is 32.1. The Morgan fingerprint density at radius 3 is 2.79 bits per heavy atom. The maximum Gasteiger partial charge on any atom is 0.240 e. The summed E-state index contributed by atoms with van der Waals surface area (Å²) < 4.78 is 0. The topological polar surface area (TPSA) is 94.5 Å². The molecule has 2 amide bonds. The maximum atomic E-state index is 12.8. The number of aromatic nitrogens is 1. The molecular formula is C21H28N5O2. The predicted octanol–water partition coefficient (Wildman–Crippen LogP) is 0.665. The number of aromatic amines is 1. The Morgan fingerprint density at radius 2 is 2.00 bits per heavy atom. The number of amides is 2. The minimum Gasteiger partial charge on any atom is -0.368 e. The number of likely N-dealkylation sites (tertiary alicyclic amines) is 1. The van der Waals surface area contributed by atoms with Crippen LogP contribution in [0, 0.1) is 6.42 Å². The molecule has 0 aliphatic carbocycles. The van der Waals surface area contributed by atoms with Crippen LogP contribution >= 0.6 is 0 Å². The normalized spacial score (nSPS) is 23.8. The van der Waals surface area contributed by atoms with Gasteiger partial charge in [-0.05, 0) is 48.4 Å². The van der Waals surface area contributed by atoms with Gasteiger partial charge in [0.05, 0.1) is 6.42 Å². The lowest BCUT2D eigenvalue weighted by Crippen LogP contribution is -2.58. The number of hydrogen-bond acceptors (Lipinski definition) is 4. The number of primary amides is 1. The standard InChI is InChI=1S/C21H28N5O2/c22-21(28)19-14-17(25-11-8-23-9-12-25)6-10-26(19)20(27)4-2-15-1-3-18-16(13-15)5-7-24-18/h1,3-5,7,13,17,19,23-24H,2,6,8-12,14H2,(H2,22,28). The highest BCUT2D eigenvalue weighted by Crippen LogP contribution is 2.24. The van der Waals surface area contributed by atoms with Crippen molar-refractivity contribution in [1.82, 2.24) is 20.1 Å². The molecule has 3 heterocycles. The predicted molar refractivity (Wildman–Crippen MR) is 108 cm³/mol. The van der Waals surface area contributed by atoms with Crippen LogP contribution in [0.3, 0.4) is 0 Å². The van der Waals surface area contributed by atoms with Crippen LogP contribution < -0.4 is 11.1 Å². The summed E-state index contributed by atoms with van der Waals surface area (Å²) in [6.45, 7) is 4.49. The molecule has 2 fully saturated rings. The van der Waals surface area contributed by atoms with Gasteiger partial charge in [-0.1, -0.05) is 6.07 Å². The molecule has 2 unspecified atom stereocenters. The molecule has 1 aromatic carbocycles. The fourth-order valence-corrected chi connectivity index (χ4v) is 4.41. The molecule has 0 spiro atoms. The van der Waals surface area contributed by atoms with Gasteiger partial charge in [0.25, 0.3) is 0 Å². The van der Waals surface area contributed by atoms with Gasteiger partial charge in [0.15, 0.2) is 0 Å². The van der Waals surface area contributed by atoms with Crippen LogP contribution in [0.25, 0.3) is 10.9 Å². The van der Waals surface area contributed by atoms with Gasteiger partial charge in [0.2, 0.25) is 11.8 Å². The molecule has 1 radical (unpaired) electrons. The van der Waals surface area contributed by atoms with E-state index in [1.54, 1.807) is 11.3 Å².